The van der Waals surface area contributed by atoms with Crippen LogP contribution in [0.1, 0.15) is 33.6 Å². The zero-order valence-electron chi connectivity index (χ0n) is 19.4. The molecule has 0 unspecified atom stereocenters. The Morgan fingerprint density at radius 1 is 1.21 bits per heavy atom. The van der Waals surface area contributed by atoms with Crippen molar-refractivity contribution < 1.29 is 18.7 Å². The number of likely N-dealkylation sites (tertiary alicyclic amines) is 1. The Labute approximate surface area is 193 Å². The van der Waals surface area contributed by atoms with Crippen LogP contribution in [0.5, 0.6) is 5.75 Å². The second kappa shape index (κ2) is 9.25. The predicted octanol–water partition coefficient (Wildman–Crippen LogP) is 3.55. The van der Waals surface area contributed by atoms with Gasteiger partial charge in [0.15, 0.2) is 0 Å². The molecule has 0 spiro atoms. The number of fused-ring (bicyclic) bond motifs is 1. The first kappa shape index (κ1) is 22.8. The van der Waals surface area contributed by atoms with Gasteiger partial charge in [-0.2, -0.15) is 0 Å². The summed E-state index contributed by atoms with van der Waals surface area (Å²) in [6, 6.07) is 10.1. The van der Waals surface area contributed by atoms with Crippen molar-refractivity contribution in [2.75, 3.05) is 18.4 Å². The van der Waals surface area contributed by atoms with E-state index in [1.165, 1.54) is 12.1 Å². The number of piperidine rings is 1. The number of anilines is 2. The molecule has 4 rings (SSSR count). The third-order valence-corrected chi connectivity index (χ3v) is 5.34. The van der Waals surface area contributed by atoms with Crippen molar-refractivity contribution in [1.29, 1.82) is 0 Å². The van der Waals surface area contributed by atoms with E-state index in [1.807, 2.05) is 40.8 Å². The number of carbonyl (C=O) groups is 1. The monoisotopic (exact) mass is 450 g/mol. The van der Waals surface area contributed by atoms with Gasteiger partial charge < -0.3 is 19.7 Å². The van der Waals surface area contributed by atoms with Gasteiger partial charge in [0.2, 0.25) is 5.95 Å². The van der Waals surface area contributed by atoms with Crippen molar-refractivity contribution in [2.45, 2.75) is 45.3 Å². The van der Waals surface area contributed by atoms with Crippen LogP contribution in [-0.2, 0) is 4.74 Å². The van der Waals surface area contributed by atoms with E-state index in [0.29, 0.717) is 24.7 Å². The van der Waals surface area contributed by atoms with Crippen LogP contribution < -0.4 is 15.5 Å². The van der Waals surface area contributed by atoms with Gasteiger partial charge in [0.1, 0.15) is 31.1 Å². The number of hydrogen-bond acceptors (Lipinski definition) is 6. The highest BCUT2D eigenvalue weighted by atomic mass is 19.1. The molecule has 2 aromatic carbocycles. The normalized spacial score (nSPS) is 14.8. The molecule has 0 aliphatic carbocycles. The van der Waals surface area contributed by atoms with Gasteiger partial charge in [-0.1, -0.05) is 12.1 Å². The number of rotatable bonds is 4. The molecular formula is C24H28BFN4O3. The van der Waals surface area contributed by atoms with Gasteiger partial charge >= 0.3 is 6.09 Å². The maximum absolute atomic E-state index is 13.5. The van der Waals surface area contributed by atoms with E-state index in [-0.39, 0.29) is 18.0 Å². The number of carbonyl (C=O) groups excluding carboxylic acids is 1. The molecule has 2 heterocycles. The lowest BCUT2D eigenvalue weighted by Crippen LogP contribution is -2.44. The van der Waals surface area contributed by atoms with Crippen LogP contribution in [0.15, 0.2) is 42.6 Å². The fourth-order valence-electron chi connectivity index (χ4n) is 3.72. The van der Waals surface area contributed by atoms with Crippen molar-refractivity contribution in [3.05, 3.63) is 48.4 Å². The van der Waals surface area contributed by atoms with E-state index >= 15 is 0 Å². The van der Waals surface area contributed by atoms with Gasteiger partial charge in [-0.25, -0.2) is 19.2 Å². The average Bonchev–Trinajstić information content (AvgIpc) is 2.74. The molecule has 1 amide bonds. The molecule has 3 aromatic rings. The Bertz CT molecular complexity index is 1160. The summed E-state index contributed by atoms with van der Waals surface area (Å²) in [4.78, 5) is 22.9. The molecule has 1 saturated heterocycles. The molecule has 9 heteroatoms. The fourth-order valence-corrected chi connectivity index (χ4v) is 3.72. The predicted molar refractivity (Wildman–Crippen MR) is 129 cm³/mol. The van der Waals surface area contributed by atoms with Crippen molar-refractivity contribution in [3.63, 3.8) is 0 Å². The molecule has 172 valence electrons. The molecule has 0 saturated carbocycles. The van der Waals surface area contributed by atoms with Gasteiger partial charge in [-0.3, -0.25) is 0 Å². The zero-order chi connectivity index (χ0) is 23.6. The lowest BCUT2D eigenvalue weighted by Gasteiger charge is -2.33. The smallest absolute Gasteiger partial charge is 0.410 e. The van der Waals surface area contributed by atoms with Gasteiger partial charge in [0.25, 0.3) is 0 Å². The van der Waals surface area contributed by atoms with Gasteiger partial charge in [-0.05, 0) is 44.4 Å². The summed E-state index contributed by atoms with van der Waals surface area (Å²) in [6.07, 6.45) is 2.92. The molecule has 1 fully saturated rings. The van der Waals surface area contributed by atoms with E-state index in [2.05, 4.69) is 15.3 Å². The summed E-state index contributed by atoms with van der Waals surface area (Å²) in [7, 11) is 1.99. The van der Waals surface area contributed by atoms with E-state index in [0.717, 1.165) is 35.0 Å². The van der Waals surface area contributed by atoms with Gasteiger partial charge in [0, 0.05) is 49.3 Å². The van der Waals surface area contributed by atoms with Crippen LogP contribution in [0, 0.1) is 5.82 Å². The second-order valence-corrected chi connectivity index (χ2v) is 9.29. The topological polar surface area (TPSA) is 76.6 Å². The number of halogens is 1. The second-order valence-electron chi connectivity index (χ2n) is 9.29. The third kappa shape index (κ3) is 5.91. The van der Waals surface area contributed by atoms with Crippen LogP contribution in [0.2, 0.25) is 0 Å². The number of benzene rings is 2. The summed E-state index contributed by atoms with van der Waals surface area (Å²) >= 11 is 0. The SMILES string of the molecule is Bc1cc2cnc(Nc3cccc(F)c3)nc2cc1OC1CCN(C(=O)OC(C)(C)C)CC1. The lowest BCUT2D eigenvalue weighted by atomic mass is 9.93. The highest BCUT2D eigenvalue weighted by Crippen LogP contribution is 2.23. The van der Waals surface area contributed by atoms with Crippen LogP contribution in [0.4, 0.5) is 20.8 Å². The average molecular weight is 450 g/mol. The zero-order valence-corrected chi connectivity index (χ0v) is 19.4. The number of amides is 1. The van der Waals surface area contributed by atoms with E-state index < -0.39 is 5.60 Å². The fraction of sp³-hybridized carbons (Fsp3) is 0.375. The van der Waals surface area contributed by atoms with Crippen LogP contribution in [0.25, 0.3) is 10.9 Å². The van der Waals surface area contributed by atoms with Crippen molar-refractivity contribution in [3.8, 4) is 5.75 Å². The Kier molecular flexibility index (Phi) is 6.40. The quantitative estimate of drug-likeness (QED) is 0.613. The van der Waals surface area contributed by atoms with E-state index in [9.17, 15) is 9.18 Å². The Balaban J connectivity index is 1.43. The van der Waals surface area contributed by atoms with Crippen molar-refractivity contribution in [1.82, 2.24) is 14.9 Å². The van der Waals surface area contributed by atoms with E-state index in [1.54, 1.807) is 23.2 Å². The van der Waals surface area contributed by atoms with E-state index in [4.69, 9.17) is 9.47 Å². The molecule has 1 aromatic heterocycles. The first-order valence-electron chi connectivity index (χ1n) is 11.1. The summed E-state index contributed by atoms with van der Waals surface area (Å²) in [5, 5.41) is 3.92. The maximum atomic E-state index is 13.5. The minimum absolute atomic E-state index is 0.00608. The van der Waals surface area contributed by atoms with Crippen LogP contribution in [0.3, 0.4) is 0 Å². The summed E-state index contributed by atoms with van der Waals surface area (Å²) in [5.74, 6) is 0.812. The highest BCUT2D eigenvalue weighted by Gasteiger charge is 2.28. The first-order valence-corrected chi connectivity index (χ1v) is 11.1. The largest absolute Gasteiger partial charge is 0.491 e. The highest BCUT2D eigenvalue weighted by molar-refractivity contribution is 6.35. The summed E-state index contributed by atoms with van der Waals surface area (Å²) in [6.45, 7) is 6.79. The third-order valence-electron chi connectivity index (χ3n) is 5.34. The molecule has 0 atom stereocenters. The molecule has 1 aliphatic heterocycles. The number of hydrogen-bond donors (Lipinski definition) is 1. The standard InChI is InChI=1S/C24H28BFN4O3/c1-24(2,3)33-23(31)30-9-7-18(8-10-30)32-21-13-20-15(11-19(21)25)14-27-22(29-20)28-17-6-4-5-16(26)12-17/h4-6,11-14,18H,7-10,25H2,1-3H3,(H,27,28,29). The minimum atomic E-state index is -0.503. The maximum Gasteiger partial charge on any atom is 0.410 e. The van der Waals surface area contributed by atoms with Crippen molar-refractivity contribution in [2.24, 2.45) is 0 Å². The number of ether oxygens (including phenoxy) is 2. The molecule has 1 aliphatic rings. The molecule has 0 radical (unpaired) electrons. The van der Waals surface area contributed by atoms with Gasteiger partial charge in [-0.15, -0.1) is 0 Å². The molecular weight excluding hydrogens is 422 g/mol. The Morgan fingerprint density at radius 3 is 2.67 bits per heavy atom. The van der Waals surface area contributed by atoms with Crippen molar-refractivity contribution >= 4 is 41.9 Å². The van der Waals surface area contributed by atoms with Gasteiger partial charge in [0.05, 0.1) is 5.52 Å². The number of nitrogens with zero attached hydrogens (tertiary/aromatic N) is 3. The Morgan fingerprint density at radius 2 is 1.97 bits per heavy atom. The Hall–Kier alpha value is -3.36. The molecule has 7 nitrogen and oxygen atoms in total. The number of nitrogens with one attached hydrogen (secondary N) is 1. The van der Waals surface area contributed by atoms with Crippen LogP contribution >= 0.6 is 0 Å². The minimum Gasteiger partial charge on any atom is -0.491 e. The summed E-state index contributed by atoms with van der Waals surface area (Å²) < 4.78 is 25.2. The molecule has 1 N–H and O–H groups in total. The lowest BCUT2D eigenvalue weighted by molar-refractivity contribution is 0.0127. The molecule has 33 heavy (non-hydrogen) atoms. The first-order chi connectivity index (χ1) is 15.7. The van der Waals surface area contributed by atoms with Crippen LogP contribution in [-0.4, -0.2) is 53.6 Å². The summed E-state index contributed by atoms with van der Waals surface area (Å²) in [5.41, 5.74) is 1.80. The molecule has 0 bridgehead atoms. The number of aromatic nitrogens is 2.